The van der Waals surface area contributed by atoms with E-state index < -0.39 is 24.5 Å². The van der Waals surface area contributed by atoms with Gasteiger partial charge in [0.15, 0.2) is 6.29 Å². The van der Waals surface area contributed by atoms with Gasteiger partial charge in [0, 0.05) is 44.9 Å². The zero-order chi connectivity index (χ0) is 44.3. The lowest BCUT2D eigenvalue weighted by molar-refractivity contribution is -0.165. The van der Waals surface area contributed by atoms with E-state index in [0.29, 0.717) is 32.7 Å². The van der Waals surface area contributed by atoms with Crippen molar-refractivity contribution in [3.63, 3.8) is 0 Å². The highest BCUT2D eigenvalue weighted by atomic mass is 16.7. The van der Waals surface area contributed by atoms with Gasteiger partial charge in [0.25, 0.3) is 0 Å². The summed E-state index contributed by atoms with van der Waals surface area (Å²) < 4.78 is 34.5. The molecular formula is C51H93NO9. The maximum Gasteiger partial charge on any atom is 0.508 e. The second-order valence-corrected chi connectivity index (χ2v) is 17.1. The summed E-state index contributed by atoms with van der Waals surface area (Å²) in [6.45, 7) is 13.1. The van der Waals surface area contributed by atoms with Crippen molar-refractivity contribution < 1.29 is 42.8 Å². The van der Waals surface area contributed by atoms with Gasteiger partial charge in [0.1, 0.15) is 12.7 Å². The van der Waals surface area contributed by atoms with Crippen LogP contribution in [0.3, 0.4) is 0 Å². The number of carbonyl (C=O) groups is 3. The number of carbonyl (C=O) groups excluding carboxylic acids is 3. The van der Waals surface area contributed by atoms with Crippen LogP contribution in [0.5, 0.6) is 0 Å². The van der Waals surface area contributed by atoms with Gasteiger partial charge in [-0.3, -0.25) is 9.59 Å². The Morgan fingerprint density at radius 2 is 1.16 bits per heavy atom. The Hall–Kier alpha value is -2.43. The monoisotopic (exact) mass is 864 g/mol. The number of esters is 2. The minimum atomic E-state index is -0.778. The van der Waals surface area contributed by atoms with Crippen molar-refractivity contribution in [1.82, 2.24) is 4.90 Å². The van der Waals surface area contributed by atoms with Crippen molar-refractivity contribution in [1.29, 1.82) is 0 Å². The third-order valence-electron chi connectivity index (χ3n) is 11.4. The van der Waals surface area contributed by atoms with Crippen LogP contribution >= 0.6 is 0 Å². The van der Waals surface area contributed by atoms with Gasteiger partial charge in [-0.25, -0.2) is 4.79 Å². The summed E-state index contributed by atoms with van der Waals surface area (Å²) in [6.07, 6.45) is 36.5. The first-order chi connectivity index (χ1) is 29.9. The molecule has 2 atom stereocenters. The molecule has 0 amide bonds. The zero-order valence-electron chi connectivity index (χ0n) is 39.8. The van der Waals surface area contributed by atoms with Crippen LogP contribution in [0, 0.1) is 5.92 Å². The molecule has 0 aromatic heterocycles. The summed E-state index contributed by atoms with van der Waals surface area (Å²) in [5.41, 5.74) is 0. The molecule has 1 fully saturated rings. The van der Waals surface area contributed by atoms with Crippen LogP contribution in [0.15, 0.2) is 24.3 Å². The molecule has 1 rings (SSSR count). The molecule has 10 nitrogen and oxygen atoms in total. The molecule has 1 aliphatic rings. The molecule has 356 valence electrons. The fourth-order valence-corrected chi connectivity index (χ4v) is 7.49. The van der Waals surface area contributed by atoms with E-state index in [9.17, 15) is 14.4 Å². The number of unbranched alkanes of at least 4 members (excludes halogenated alkanes) is 18. The van der Waals surface area contributed by atoms with Gasteiger partial charge in [0.2, 0.25) is 0 Å². The molecule has 10 heteroatoms. The Labute approximate surface area is 374 Å². The van der Waals surface area contributed by atoms with E-state index in [1.807, 2.05) is 0 Å². The van der Waals surface area contributed by atoms with Crippen LogP contribution < -0.4 is 0 Å². The Morgan fingerprint density at radius 1 is 0.590 bits per heavy atom. The summed E-state index contributed by atoms with van der Waals surface area (Å²) in [5.74, 6) is -0.428. The van der Waals surface area contributed by atoms with E-state index in [0.717, 1.165) is 103 Å². The minimum absolute atomic E-state index is 0.0652. The summed E-state index contributed by atoms with van der Waals surface area (Å²) in [7, 11) is 0. The van der Waals surface area contributed by atoms with Crippen LogP contribution in [0.1, 0.15) is 214 Å². The summed E-state index contributed by atoms with van der Waals surface area (Å²) >= 11 is 0. The number of ether oxygens (including phenoxy) is 6. The van der Waals surface area contributed by atoms with Crippen LogP contribution in [-0.4, -0.2) is 88.1 Å². The first-order valence-corrected chi connectivity index (χ1v) is 25.3. The van der Waals surface area contributed by atoms with E-state index in [1.165, 1.54) is 77.0 Å². The fraction of sp³-hybridized carbons (Fsp3) is 0.863. The lowest BCUT2D eigenvalue weighted by Crippen LogP contribution is -2.37. The Bertz CT molecular complexity index is 1060. The van der Waals surface area contributed by atoms with Gasteiger partial charge < -0.3 is 33.3 Å². The maximum atomic E-state index is 13.2. The average molecular weight is 864 g/mol. The molecule has 0 radical (unpaired) electrons. The summed E-state index contributed by atoms with van der Waals surface area (Å²) in [4.78, 5) is 40.7. The number of hydrogen-bond donors (Lipinski definition) is 0. The van der Waals surface area contributed by atoms with Gasteiger partial charge >= 0.3 is 18.1 Å². The number of hydrogen-bond acceptors (Lipinski definition) is 10. The van der Waals surface area contributed by atoms with Gasteiger partial charge in [0.05, 0.1) is 19.6 Å². The highest BCUT2D eigenvalue weighted by molar-refractivity contribution is 5.70. The first kappa shape index (κ1) is 56.6. The SMILES string of the molecule is CCCCC/C=C\C/C=C\CCCCCCCC(=O)OCCC(COC(=O)OCC1CCCN(CC)C1)OC(=O)CCC(OCCCCCCCC)OCCCCCCCC. The molecule has 0 aliphatic carbocycles. The molecule has 1 aliphatic heterocycles. The highest BCUT2D eigenvalue weighted by Gasteiger charge is 2.23. The fourth-order valence-electron chi connectivity index (χ4n) is 7.49. The molecule has 0 saturated carbocycles. The largest absolute Gasteiger partial charge is 0.508 e. The van der Waals surface area contributed by atoms with Crippen molar-refractivity contribution in [3.05, 3.63) is 24.3 Å². The van der Waals surface area contributed by atoms with E-state index in [-0.39, 0.29) is 37.9 Å². The van der Waals surface area contributed by atoms with Crippen molar-refractivity contribution >= 4 is 18.1 Å². The van der Waals surface area contributed by atoms with Crippen molar-refractivity contribution in [3.8, 4) is 0 Å². The normalized spacial score (nSPS) is 15.2. The second kappa shape index (κ2) is 42.9. The second-order valence-electron chi connectivity index (χ2n) is 17.1. The molecule has 0 spiro atoms. The van der Waals surface area contributed by atoms with Gasteiger partial charge in [-0.2, -0.15) is 0 Å². The van der Waals surface area contributed by atoms with Crippen molar-refractivity contribution in [2.24, 2.45) is 5.92 Å². The first-order valence-electron chi connectivity index (χ1n) is 25.3. The predicted octanol–water partition coefficient (Wildman–Crippen LogP) is 13.4. The third kappa shape index (κ3) is 36.7. The molecule has 1 heterocycles. The van der Waals surface area contributed by atoms with E-state index in [1.54, 1.807) is 0 Å². The van der Waals surface area contributed by atoms with Crippen LogP contribution in [0.2, 0.25) is 0 Å². The van der Waals surface area contributed by atoms with Crippen LogP contribution in [-0.2, 0) is 38.0 Å². The van der Waals surface area contributed by atoms with Gasteiger partial charge in [-0.1, -0.05) is 148 Å². The molecule has 61 heavy (non-hydrogen) atoms. The third-order valence-corrected chi connectivity index (χ3v) is 11.4. The molecule has 0 N–H and O–H groups in total. The summed E-state index contributed by atoms with van der Waals surface area (Å²) in [6, 6.07) is 0. The van der Waals surface area contributed by atoms with Crippen molar-refractivity contribution in [2.45, 2.75) is 226 Å². The Morgan fingerprint density at radius 3 is 1.80 bits per heavy atom. The van der Waals surface area contributed by atoms with Crippen molar-refractivity contribution in [2.75, 3.05) is 52.7 Å². The smallest absolute Gasteiger partial charge is 0.466 e. The van der Waals surface area contributed by atoms with E-state index >= 15 is 0 Å². The van der Waals surface area contributed by atoms with Crippen LogP contribution in [0.4, 0.5) is 4.79 Å². The quantitative estimate of drug-likeness (QED) is 0.0193. The molecule has 0 aromatic rings. The maximum absolute atomic E-state index is 13.2. The molecule has 0 bridgehead atoms. The molecule has 1 saturated heterocycles. The number of piperidine rings is 1. The minimum Gasteiger partial charge on any atom is -0.466 e. The zero-order valence-corrected chi connectivity index (χ0v) is 39.8. The average Bonchev–Trinajstić information content (AvgIpc) is 3.27. The van der Waals surface area contributed by atoms with Gasteiger partial charge in [-0.05, 0) is 77.3 Å². The van der Waals surface area contributed by atoms with Crippen LogP contribution in [0.25, 0.3) is 0 Å². The number of nitrogens with zero attached hydrogens (tertiary/aromatic N) is 1. The molecule has 0 aromatic carbocycles. The van der Waals surface area contributed by atoms with E-state index in [4.69, 9.17) is 28.4 Å². The molecule has 2 unspecified atom stereocenters. The summed E-state index contributed by atoms with van der Waals surface area (Å²) in [5, 5.41) is 0. The van der Waals surface area contributed by atoms with Gasteiger partial charge in [-0.15, -0.1) is 0 Å². The predicted molar refractivity (Wildman–Crippen MR) is 249 cm³/mol. The number of rotatable bonds is 42. The number of likely N-dealkylation sites (tertiary alicyclic amines) is 1. The Kier molecular flexibility index (Phi) is 39.8. The number of allylic oxidation sites excluding steroid dienone is 4. The lowest BCUT2D eigenvalue weighted by Gasteiger charge is -2.31. The Balaban J connectivity index is 2.55. The topological polar surface area (TPSA) is 110 Å². The van der Waals surface area contributed by atoms with E-state index in [2.05, 4.69) is 56.9 Å². The standard InChI is InChI=1S/C51H93NO9/c1-5-9-12-15-18-19-20-21-22-23-24-25-26-27-30-35-48(53)56-42-38-47(45-60-51(55)59-44-46-34-33-39-52(8-4)43-46)61-49(54)36-37-50(57-40-31-28-16-13-10-6-2)58-41-32-29-17-14-11-7-3/h18-19,21-22,46-47,50H,5-17,20,23-45H2,1-4H3/b19-18-,22-21-. The lowest BCUT2D eigenvalue weighted by atomic mass is 9.99. The molecular weight excluding hydrogens is 771 g/mol. The highest BCUT2D eigenvalue weighted by Crippen LogP contribution is 2.18.